The van der Waals surface area contributed by atoms with E-state index >= 15 is 0 Å². The summed E-state index contributed by atoms with van der Waals surface area (Å²) in [6.07, 6.45) is 1.31. The molecule has 8 heteroatoms. The molecule has 0 bridgehead atoms. The van der Waals surface area contributed by atoms with Gasteiger partial charge < -0.3 is 5.32 Å². The van der Waals surface area contributed by atoms with E-state index in [1.807, 2.05) is 0 Å². The number of aromatic nitrogens is 3. The number of carbonyl (C=O) groups excluding carboxylic acids is 1. The smallest absolute Gasteiger partial charge is 0.357 e. The Morgan fingerprint density at radius 1 is 1.73 bits per heavy atom. The van der Waals surface area contributed by atoms with Crippen LogP contribution in [0.15, 0.2) is 11.1 Å². The summed E-state index contributed by atoms with van der Waals surface area (Å²) in [6, 6.07) is 0. The molecule has 0 aliphatic heterocycles. The highest BCUT2D eigenvalue weighted by molar-refractivity contribution is 6.32. The normalized spacial score (nSPS) is 9.80. The standard InChI is InChI=1S/C7H10ClN5O2/c1-3-5(14)13(8)12-4-10-6(9-2)11-7(12)15/h4H,3H2,1-2H3,(H,9,11,15). The molecule has 0 radical (unpaired) electrons. The minimum Gasteiger partial charge on any atom is -0.357 e. The molecule has 1 heterocycles. The molecule has 0 saturated heterocycles. The molecular formula is C7H10ClN5O2. The van der Waals surface area contributed by atoms with Gasteiger partial charge in [-0.25, -0.2) is 9.78 Å². The van der Waals surface area contributed by atoms with Crippen molar-refractivity contribution in [1.29, 1.82) is 0 Å². The van der Waals surface area contributed by atoms with Crippen molar-refractivity contribution in [2.75, 3.05) is 16.9 Å². The van der Waals surface area contributed by atoms with Gasteiger partial charge in [-0.1, -0.05) is 6.92 Å². The Morgan fingerprint density at radius 2 is 2.40 bits per heavy atom. The van der Waals surface area contributed by atoms with Crippen LogP contribution in [0.1, 0.15) is 13.3 Å². The zero-order valence-corrected chi connectivity index (χ0v) is 9.02. The minimum atomic E-state index is -0.675. The second-order valence-electron chi connectivity index (χ2n) is 2.56. The number of halogens is 1. The molecule has 0 atom stereocenters. The van der Waals surface area contributed by atoms with Gasteiger partial charge in [0.15, 0.2) is 0 Å². The fourth-order valence-corrected chi connectivity index (χ4v) is 1.04. The number of nitrogens with zero attached hydrogens (tertiary/aromatic N) is 4. The van der Waals surface area contributed by atoms with E-state index in [1.165, 1.54) is 0 Å². The molecule has 1 rings (SSSR count). The first-order chi connectivity index (χ1) is 7.10. The molecule has 82 valence electrons. The highest BCUT2D eigenvalue weighted by Crippen LogP contribution is 1.96. The van der Waals surface area contributed by atoms with Crippen molar-refractivity contribution in [3.05, 3.63) is 16.8 Å². The van der Waals surface area contributed by atoms with Crippen LogP contribution in [0.5, 0.6) is 0 Å². The Bertz CT molecular complexity index is 418. The van der Waals surface area contributed by atoms with E-state index < -0.39 is 11.6 Å². The lowest BCUT2D eigenvalue weighted by molar-refractivity contribution is -0.118. The fourth-order valence-electron chi connectivity index (χ4n) is 0.821. The summed E-state index contributed by atoms with van der Waals surface area (Å²) in [5.41, 5.74) is -0.675. The first-order valence-electron chi connectivity index (χ1n) is 4.22. The number of rotatable bonds is 3. The molecule has 0 fully saturated rings. The molecule has 0 aliphatic carbocycles. The van der Waals surface area contributed by atoms with E-state index in [2.05, 4.69) is 15.3 Å². The van der Waals surface area contributed by atoms with E-state index in [0.29, 0.717) is 4.53 Å². The summed E-state index contributed by atoms with van der Waals surface area (Å²) in [7, 11) is 1.58. The molecule has 0 aliphatic rings. The zero-order chi connectivity index (χ0) is 11.4. The number of amides is 1. The Kier molecular flexibility index (Phi) is 3.62. The van der Waals surface area contributed by atoms with Crippen LogP contribution in [0.25, 0.3) is 0 Å². The first-order valence-corrected chi connectivity index (χ1v) is 4.56. The average molecular weight is 232 g/mol. The number of carbonyl (C=O) groups is 1. The molecule has 1 N–H and O–H groups in total. The Morgan fingerprint density at radius 3 is 2.87 bits per heavy atom. The third-order valence-electron chi connectivity index (χ3n) is 1.61. The maximum atomic E-state index is 11.4. The van der Waals surface area contributed by atoms with E-state index in [1.54, 1.807) is 14.0 Å². The van der Waals surface area contributed by atoms with Crippen LogP contribution in [0.2, 0.25) is 0 Å². The highest BCUT2D eigenvalue weighted by Gasteiger charge is 2.13. The van der Waals surface area contributed by atoms with Gasteiger partial charge in [-0.3, -0.25) is 4.79 Å². The van der Waals surface area contributed by atoms with E-state index in [4.69, 9.17) is 11.8 Å². The van der Waals surface area contributed by atoms with Crippen LogP contribution in [-0.4, -0.2) is 27.6 Å². The van der Waals surface area contributed by atoms with Crippen molar-refractivity contribution in [2.45, 2.75) is 13.3 Å². The molecule has 0 spiro atoms. The molecule has 1 amide bonds. The Balaban J connectivity index is 3.06. The zero-order valence-electron chi connectivity index (χ0n) is 8.27. The van der Waals surface area contributed by atoms with Crippen molar-refractivity contribution in [3.63, 3.8) is 0 Å². The monoisotopic (exact) mass is 231 g/mol. The van der Waals surface area contributed by atoms with Gasteiger partial charge >= 0.3 is 5.69 Å². The van der Waals surface area contributed by atoms with Crippen molar-refractivity contribution in [3.8, 4) is 0 Å². The molecule has 15 heavy (non-hydrogen) atoms. The molecule has 0 aromatic carbocycles. The lowest BCUT2D eigenvalue weighted by Gasteiger charge is -2.13. The van der Waals surface area contributed by atoms with Crippen molar-refractivity contribution >= 4 is 23.6 Å². The Hall–Kier alpha value is -1.63. The molecule has 0 saturated carbocycles. The fraction of sp³-hybridized carbons (Fsp3) is 0.429. The predicted octanol–water partition coefficient (Wildman–Crippen LogP) is -0.292. The van der Waals surface area contributed by atoms with Crippen LogP contribution in [0.3, 0.4) is 0 Å². The number of hydrogen-bond donors (Lipinski definition) is 1. The molecule has 7 nitrogen and oxygen atoms in total. The van der Waals surface area contributed by atoms with Gasteiger partial charge in [0.05, 0.1) is 0 Å². The Labute approximate surface area is 90.8 Å². The average Bonchev–Trinajstić information content (AvgIpc) is 2.26. The largest absolute Gasteiger partial charge is 0.372 e. The summed E-state index contributed by atoms with van der Waals surface area (Å²) < 4.78 is 1.48. The van der Waals surface area contributed by atoms with Gasteiger partial charge in [0.1, 0.15) is 6.33 Å². The van der Waals surface area contributed by atoms with Crippen LogP contribution in [-0.2, 0) is 4.79 Å². The van der Waals surface area contributed by atoms with Gasteiger partial charge in [-0.05, 0) is 0 Å². The summed E-state index contributed by atoms with van der Waals surface area (Å²) in [6.45, 7) is 1.63. The molecule has 0 unspecified atom stereocenters. The summed E-state index contributed by atoms with van der Waals surface area (Å²) in [5.74, 6) is -0.246. The van der Waals surface area contributed by atoms with Gasteiger partial charge in [0, 0.05) is 25.2 Å². The van der Waals surface area contributed by atoms with E-state index in [0.717, 1.165) is 11.0 Å². The minimum absolute atomic E-state index is 0.172. The lowest BCUT2D eigenvalue weighted by Crippen LogP contribution is -2.40. The van der Waals surface area contributed by atoms with Gasteiger partial charge in [0.25, 0.3) is 5.91 Å². The summed E-state index contributed by atoms with van der Waals surface area (Å²) in [4.78, 5) is 29.8. The molecular weight excluding hydrogens is 222 g/mol. The van der Waals surface area contributed by atoms with Gasteiger partial charge in [-0.15, -0.1) is 4.53 Å². The van der Waals surface area contributed by atoms with Crippen molar-refractivity contribution in [2.24, 2.45) is 0 Å². The maximum absolute atomic E-state index is 11.4. The summed E-state index contributed by atoms with van der Waals surface area (Å²) in [5, 5.41) is 2.60. The lowest BCUT2D eigenvalue weighted by atomic mass is 10.5. The van der Waals surface area contributed by atoms with E-state index in [9.17, 15) is 9.59 Å². The highest BCUT2D eigenvalue weighted by atomic mass is 35.5. The number of anilines is 1. The van der Waals surface area contributed by atoms with Gasteiger partial charge in [-0.2, -0.15) is 9.66 Å². The predicted molar refractivity (Wildman–Crippen MR) is 55.2 cm³/mol. The second kappa shape index (κ2) is 4.74. The van der Waals surface area contributed by atoms with E-state index in [-0.39, 0.29) is 12.4 Å². The number of hydrogen-bond acceptors (Lipinski definition) is 5. The van der Waals surface area contributed by atoms with Crippen LogP contribution in [0.4, 0.5) is 5.95 Å². The first kappa shape index (κ1) is 11.4. The summed E-state index contributed by atoms with van der Waals surface area (Å²) >= 11 is 5.60. The quantitative estimate of drug-likeness (QED) is 0.723. The third-order valence-corrected chi connectivity index (χ3v) is 1.96. The maximum Gasteiger partial charge on any atom is 0.372 e. The SMILES string of the molecule is CCC(=O)N(Cl)n1cnc(NC)nc1=O. The molecule has 1 aromatic heterocycles. The van der Waals surface area contributed by atoms with Gasteiger partial charge in [0.2, 0.25) is 5.95 Å². The second-order valence-corrected chi connectivity index (χ2v) is 2.88. The van der Waals surface area contributed by atoms with Crippen molar-refractivity contribution in [1.82, 2.24) is 14.6 Å². The van der Waals surface area contributed by atoms with Crippen LogP contribution >= 0.6 is 11.8 Å². The van der Waals surface area contributed by atoms with Crippen LogP contribution in [0, 0.1) is 0 Å². The van der Waals surface area contributed by atoms with Crippen molar-refractivity contribution < 1.29 is 4.79 Å². The topological polar surface area (TPSA) is 80.1 Å². The number of nitrogens with one attached hydrogen (secondary N) is 1. The molecule has 1 aromatic rings. The van der Waals surface area contributed by atoms with Crippen LogP contribution < -0.4 is 15.5 Å². The third kappa shape index (κ3) is 2.44.